The molecule has 25 heavy (non-hydrogen) atoms. The zero-order valence-electron chi connectivity index (χ0n) is 13.3. The summed E-state index contributed by atoms with van der Waals surface area (Å²) in [5.74, 6) is -0.267. The van der Waals surface area contributed by atoms with Gasteiger partial charge in [0.25, 0.3) is 11.8 Å². The second kappa shape index (κ2) is 7.01. The summed E-state index contributed by atoms with van der Waals surface area (Å²) in [6.45, 7) is 1.73. The van der Waals surface area contributed by atoms with Crippen LogP contribution in [-0.4, -0.2) is 23.0 Å². The average molecular weight is 466 g/mol. The van der Waals surface area contributed by atoms with Crippen LogP contribution in [0.5, 0.6) is 5.75 Å². The van der Waals surface area contributed by atoms with Gasteiger partial charge in [-0.15, -0.1) is 0 Å². The van der Waals surface area contributed by atoms with E-state index in [9.17, 15) is 9.59 Å². The number of aromatic nitrogens is 1. The molecule has 0 aliphatic heterocycles. The van der Waals surface area contributed by atoms with Gasteiger partial charge >= 0.3 is 0 Å². The highest BCUT2D eigenvalue weighted by atomic mass is 79.9. The summed E-state index contributed by atoms with van der Waals surface area (Å²) >= 11 is 6.84. The quantitative estimate of drug-likeness (QED) is 0.624. The number of para-hydroxylation sites is 1. The van der Waals surface area contributed by atoms with Crippen LogP contribution in [-0.2, 0) is 0 Å². The molecule has 0 fully saturated rings. The van der Waals surface area contributed by atoms with E-state index in [2.05, 4.69) is 31.9 Å². The SMILES string of the molecule is Cc1cc(Br)cc(Br)c1OCC(=O)n1cc(C(N)=O)c2ccccc21. The van der Waals surface area contributed by atoms with Gasteiger partial charge in [0.2, 0.25) is 0 Å². The van der Waals surface area contributed by atoms with E-state index < -0.39 is 5.91 Å². The first-order chi connectivity index (χ1) is 11.9. The molecule has 3 rings (SSSR count). The summed E-state index contributed by atoms with van der Waals surface area (Å²) in [5, 5.41) is 0.643. The highest BCUT2D eigenvalue weighted by molar-refractivity contribution is 9.11. The number of nitrogens with zero attached hydrogens (tertiary/aromatic N) is 1. The normalized spacial score (nSPS) is 10.8. The van der Waals surface area contributed by atoms with Gasteiger partial charge in [-0.2, -0.15) is 0 Å². The second-order valence-electron chi connectivity index (χ2n) is 5.51. The van der Waals surface area contributed by atoms with Gasteiger partial charge in [-0.3, -0.25) is 14.2 Å². The standard InChI is InChI=1S/C18H14Br2N2O3/c1-10-6-11(19)7-14(20)17(10)25-9-16(23)22-8-13(18(21)24)12-4-2-3-5-15(12)22/h2-8H,9H2,1H3,(H2,21,24). The zero-order chi connectivity index (χ0) is 18.1. The lowest BCUT2D eigenvalue weighted by Crippen LogP contribution is -2.19. The summed E-state index contributed by atoms with van der Waals surface area (Å²) in [7, 11) is 0. The molecule has 0 radical (unpaired) electrons. The Bertz CT molecular complexity index is 972. The summed E-state index contributed by atoms with van der Waals surface area (Å²) in [6.07, 6.45) is 1.46. The molecule has 0 unspecified atom stereocenters. The van der Waals surface area contributed by atoms with Crippen molar-refractivity contribution in [1.29, 1.82) is 0 Å². The van der Waals surface area contributed by atoms with Crippen LogP contribution >= 0.6 is 31.9 Å². The Morgan fingerprint density at radius 2 is 1.92 bits per heavy atom. The van der Waals surface area contributed by atoms with E-state index in [1.807, 2.05) is 19.1 Å². The van der Waals surface area contributed by atoms with Gasteiger partial charge in [0.05, 0.1) is 15.6 Å². The van der Waals surface area contributed by atoms with Gasteiger partial charge in [-0.05, 0) is 46.6 Å². The van der Waals surface area contributed by atoms with Gasteiger partial charge < -0.3 is 10.5 Å². The number of fused-ring (bicyclic) bond motifs is 1. The van der Waals surface area contributed by atoms with Crippen LogP contribution < -0.4 is 10.5 Å². The molecule has 0 spiro atoms. The van der Waals surface area contributed by atoms with E-state index in [4.69, 9.17) is 10.5 Å². The number of hydrogen-bond acceptors (Lipinski definition) is 3. The zero-order valence-corrected chi connectivity index (χ0v) is 16.4. The van der Waals surface area contributed by atoms with E-state index in [0.717, 1.165) is 14.5 Å². The fraction of sp³-hybridized carbons (Fsp3) is 0.111. The molecule has 2 N–H and O–H groups in total. The monoisotopic (exact) mass is 464 g/mol. The smallest absolute Gasteiger partial charge is 0.269 e. The number of carbonyl (C=O) groups excluding carboxylic acids is 2. The summed E-state index contributed by atoms with van der Waals surface area (Å²) < 4.78 is 8.77. The minimum Gasteiger partial charge on any atom is -0.482 e. The molecule has 1 aromatic heterocycles. The molecule has 3 aromatic rings. The molecule has 0 atom stereocenters. The van der Waals surface area contributed by atoms with Crippen LogP contribution in [0.3, 0.4) is 0 Å². The number of rotatable bonds is 4. The summed E-state index contributed by atoms with van der Waals surface area (Å²) in [4.78, 5) is 24.2. The first kappa shape index (κ1) is 17.7. The van der Waals surface area contributed by atoms with Crippen molar-refractivity contribution in [2.24, 2.45) is 5.73 Å². The first-order valence-electron chi connectivity index (χ1n) is 7.40. The molecular weight excluding hydrogens is 452 g/mol. The lowest BCUT2D eigenvalue weighted by molar-refractivity contribution is 0.0842. The molecule has 1 heterocycles. The topological polar surface area (TPSA) is 74.3 Å². The van der Waals surface area contributed by atoms with Crippen molar-refractivity contribution in [2.75, 3.05) is 6.61 Å². The van der Waals surface area contributed by atoms with Crippen molar-refractivity contribution in [3.8, 4) is 5.75 Å². The van der Waals surface area contributed by atoms with Crippen molar-refractivity contribution in [3.63, 3.8) is 0 Å². The lowest BCUT2D eigenvalue weighted by Gasteiger charge is -2.12. The molecule has 128 valence electrons. The summed E-state index contributed by atoms with van der Waals surface area (Å²) in [5.41, 5.74) is 7.23. The Balaban J connectivity index is 1.90. The molecular formula is C18H14Br2N2O3. The minimum atomic E-state index is -0.574. The molecule has 0 aliphatic carbocycles. The largest absolute Gasteiger partial charge is 0.482 e. The number of benzene rings is 2. The highest BCUT2D eigenvalue weighted by Crippen LogP contribution is 2.32. The van der Waals surface area contributed by atoms with Crippen LogP contribution in [0.1, 0.15) is 20.7 Å². The molecule has 1 amide bonds. The van der Waals surface area contributed by atoms with Gasteiger partial charge in [-0.25, -0.2) is 0 Å². The number of amides is 1. The van der Waals surface area contributed by atoms with E-state index in [0.29, 0.717) is 22.2 Å². The Morgan fingerprint density at radius 3 is 2.60 bits per heavy atom. The van der Waals surface area contributed by atoms with Crippen LogP contribution in [0.15, 0.2) is 51.5 Å². The van der Waals surface area contributed by atoms with Crippen molar-refractivity contribution in [3.05, 3.63) is 62.7 Å². The van der Waals surface area contributed by atoms with Crippen molar-refractivity contribution in [2.45, 2.75) is 6.92 Å². The Labute approximate surface area is 161 Å². The molecule has 2 aromatic carbocycles. The minimum absolute atomic E-state index is 0.169. The van der Waals surface area contributed by atoms with Crippen molar-refractivity contribution >= 4 is 54.6 Å². The number of ether oxygens (including phenoxy) is 1. The molecule has 7 heteroatoms. The number of hydrogen-bond donors (Lipinski definition) is 1. The van der Waals surface area contributed by atoms with Gasteiger partial charge in [0, 0.05) is 16.1 Å². The van der Waals surface area contributed by atoms with Crippen LogP contribution in [0.4, 0.5) is 0 Å². The highest BCUT2D eigenvalue weighted by Gasteiger charge is 2.17. The van der Waals surface area contributed by atoms with Crippen LogP contribution in [0.25, 0.3) is 10.9 Å². The number of primary amides is 1. The molecule has 0 aliphatic rings. The van der Waals surface area contributed by atoms with E-state index in [1.54, 1.807) is 24.3 Å². The Morgan fingerprint density at radius 1 is 1.20 bits per heavy atom. The second-order valence-corrected chi connectivity index (χ2v) is 7.28. The van der Waals surface area contributed by atoms with Crippen LogP contribution in [0.2, 0.25) is 0 Å². The molecule has 0 bridgehead atoms. The molecule has 0 saturated carbocycles. The third-order valence-corrected chi connectivity index (χ3v) is 4.83. The number of aryl methyl sites for hydroxylation is 1. The summed E-state index contributed by atoms with van der Waals surface area (Å²) in [6, 6.07) is 10.9. The Kier molecular flexibility index (Phi) is 4.96. The number of halogens is 2. The van der Waals surface area contributed by atoms with E-state index in [-0.39, 0.29) is 12.5 Å². The maximum Gasteiger partial charge on any atom is 0.269 e. The fourth-order valence-electron chi connectivity index (χ4n) is 2.66. The number of nitrogens with two attached hydrogens (primary N) is 1. The fourth-order valence-corrected chi connectivity index (χ4v) is 4.21. The first-order valence-corrected chi connectivity index (χ1v) is 8.98. The molecule has 0 saturated heterocycles. The van der Waals surface area contributed by atoms with E-state index in [1.165, 1.54) is 10.8 Å². The van der Waals surface area contributed by atoms with Crippen molar-refractivity contribution < 1.29 is 14.3 Å². The third kappa shape index (κ3) is 3.48. The predicted molar refractivity (Wildman–Crippen MR) is 103 cm³/mol. The lowest BCUT2D eigenvalue weighted by atomic mass is 10.2. The van der Waals surface area contributed by atoms with Crippen molar-refractivity contribution in [1.82, 2.24) is 4.57 Å². The third-order valence-electron chi connectivity index (χ3n) is 3.78. The van der Waals surface area contributed by atoms with E-state index >= 15 is 0 Å². The van der Waals surface area contributed by atoms with Gasteiger partial charge in [0.15, 0.2) is 6.61 Å². The van der Waals surface area contributed by atoms with Gasteiger partial charge in [0.1, 0.15) is 5.75 Å². The number of carbonyl (C=O) groups is 2. The maximum absolute atomic E-state index is 12.6. The predicted octanol–water partition coefficient (Wildman–Crippen LogP) is 4.29. The maximum atomic E-state index is 12.6. The Hall–Kier alpha value is -2.12. The van der Waals surface area contributed by atoms with Gasteiger partial charge in [-0.1, -0.05) is 34.1 Å². The molecule has 5 nitrogen and oxygen atoms in total. The average Bonchev–Trinajstić information content (AvgIpc) is 2.93. The van der Waals surface area contributed by atoms with Crippen LogP contribution in [0, 0.1) is 6.92 Å².